The van der Waals surface area contributed by atoms with Gasteiger partial charge in [0.15, 0.2) is 5.58 Å². The number of hydrogen-bond donors (Lipinski definition) is 2. The number of hydrogen-bond acceptors (Lipinski definition) is 6. The van der Waals surface area contributed by atoms with Crippen LogP contribution in [0.15, 0.2) is 70.5 Å². The second kappa shape index (κ2) is 8.28. The van der Waals surface area contributed by atoms with Gasteiger partial charge in [0, 0.05) is 35.8 Å². The topological polar surface area (TPSA) is 97.1 Å². The summed E-state index contributed by atoms with van der Waals surface area (Å²) in [6.45, 7) is 3.12. The molecular formula is C21H22N4O3S. The second-order valence-electron chi connectivity index (χ2n) is 7.06. The van der Waals surface area contributed by atoms with Gasteiger partial charge in [-0.1, -0.05) is 17.3 Å². The summed E-state index contributed by atoms with van der Waals surface area (Å²) in [4.78, 5) is 4.30. The third-order valence-electron chi connectivity index (χ3n) is 4.74. The molecule has 0 radical (unpaired) electrons. The van der Waals surface area contributed by atoms with E-state index >= 15 is 0 Å². The third kappa shape index (κ3) is 4.61. The number of pyridine rings is 1. The highest BCUT2D eigenvalue weighted by Gasteiger charge is 2.17. The molecule has 0 aliphatic heterocycles. The van der Waals surface area contributed by atoms with Gasteiger partial charge in [-0.3, -0.25) is 4.98 Å². The zero-order valence-electron chi connectivity index (χ0n) is 16.0. The first-order valence-electron chi connectivity index (χ1n) is 9.41. The quantitative estimate of drug-likeness (QED) is 0.434. The van der Waals surface area contributed by atoms with Crippen LogP contribution in [-0.2, 0) is 16.4 Å². The lowest BCUT2D eigenvalue weighted by atomic mass is 10.1. The normalized spacial score (nSPS) is 13.1. The predicted molar refractivity (Wildman–Crippen MR) is 112 cm³/mol. The highest BCUT2D eigenvalue weighted by Crippen LogP contribution is 2.18. The molecule has 0 aliphatic carbocycles. The average molecular weight is 410 g/mol. The Labute approximate surface area is 169 Å². The first kappa shape index (κ1) is 19.5. The Morgan fingerprint density at radius 1 is 1.03 bits per heavy atom. The summed E-state index contributed by atoms with van der Waals surface area (Å²) in [6.07, 6.45) is 5.90. The summed E-state index contributed by atoms with van der Waals surface area (Å²) in [5, 5.41) is 9.82. The van der Waals surface area contributed by atoms with Crippen LogP contribution in [0.4, 0.5) is 0 Å². The number of sulfonamides is 1. The molecule has 0 bridgehead atoms. The summed E-state index contributed by atoms with van der Waals surface area (Å²) < 4.78 is 33.2. The van der Waals surface area contributed by atoms with Crippen LogP contribution < -0.4 is 10.0 Å². The number of rotatable bonds is 8. The lowest BCUT2D eigenvalue weighted by Crippen LogP contribution is -2.40. The van der Waals surface area contributed by atoms with Crippen LogP contribution in [0.5, 0.6) is 0 Å². The predicted octanol–water partition coefficient (Wildman–Crippen LogP) is 2.88. The molecule has 150 valence electrons. The van der Waals surface area contributed by atoms with E-state index in [1.54, 1.807) is 42.9 Å². The molecule has 2 N–H and O–H groups in total. The first-order valence-corrected chi connectivity index (χ1v) is 10.9. The van der Waals surface area contributed by atoms with Crippen LogP contribution in [0.1, 0.15) is 12.5 Å². The van der Waals surface area contributed by atoms with Gasteiger partial charge in [-0.15, -0.1) is 0 Å². The standard InChI is InChI=1S/C21H22N4O3S/c1-15(12-22-8-6-16-2-5-21-19(10-16)14-24-28-21)25-29(26,27)20-4-3-18-13-23-9-7-17(18)11-20/h2-5,7,9-11,13-15,22,25H,6,8,12H2,1H3/t15-/m0/s1. The molecule has 2 aromatic carbocycles. The van der Waals surface area contributed by atoms with Crippen molar-refractivity contribution in [2.75, 3.05) is 13.1 Å². The third-order valence-corrected chi connectivity index (χ3v) is 6.32. The van der Waals surface area contributed by atoms with Gasteiger partial charge >= 0.3 is 0 Å². The molecule has 4 rings (SSSR count). The smallest absolute Gasteiger partial charge is 0.240 e. The van der Waals surface area contributed by atoms with Crippen LogP contribution in [0.2, 0.25) is 0 Å². The summed E-state index contributed by atoms with van der Waals surface area (Å²) in [5.41, 5.74) is 1.95. The fraction of sp³-hybridized carbons (Fsp3) is 0.238. The minimum Gasteiger partial charge on any atom is -0.356 e. The van der Waals surface area contributed by atoms with Crippen molar-refractivity contribution in [1.29, 1.82) is 0 Å². The van der Waals surface area contributed by atoms with Crippen LogP contribution in [0.3, 0.4) is 0 Å². The van der Waals surface area contributed by atoms with E-state index in [-0.39, 0.29) is 10.9 Å². The summed E-state index contributed by atoms with van der Waals surface area (Å²) >= 11 is 0. The maximum atomic E-state index is 12.7. The van der Waals surface area contributed by atoms with Gasteiger partial charge in [0.25, 0.3) is 0 Å². The summed E-state index contributed by atoms with van der Waals surface area (Å²) in [7, 11) is -3.59. The number of benzene rings is 2. The van der Waals surface area contributed by atoms with E-state index in [9.17, 15) is 8.42 Å². The lowest BCUT2D eigenvalue weighted by molar-refractivity contribution is 0.456. The molecule has 0 saturated heterocycles. The van der Waals surface area contributed by atoms with Gasteiger partial charge in [-0.2, -0.15) is 0 Å². The molecule has 0 fully saturated rings. The Morgan fingerprint density at radius 2 is 1.93 bits per heavy atom. The van der Waals surface area contributed by atoms with Crippen molar-refractivity contribution in [1.82, 2.24) is 20.2 Å². The molecule has 29 heavy (non-hydrogen) atoms. The van der Waals surface area contributed by atoms with Gasteiger partial charge in [0.05, 0.1) is 11.1 Å². The maximum absolute atomic E-state index is 12.7. The average Bonchev–Trinajstić information content (AvgIpc) is 3.18. The molecule has 2 heterocycles. The highest BCUT2D eigenvalue weighted by atomic mass is 32.2. The van der Waals surface area contributed by atoms with Gasteiger partial charge in [0.2, 0.25) is 10.0 Å². The van der Waals surface area contributed by atoms with Gasteiger partial charge in [-0.05, 0) is 61.2 Å². The molecule has 0 unspecified atom stereocenters. The van der Waals surface area contributed by atoms with E-state index in [1.165, 1.54) is 5.56 Å². The Bertz CT molecular complexity index is 1240. The van der Waals surface area contributed by atoms with Crippen molar-refractivity contribution in [3.63, 3.8) is 0 Å². The van der Waals surface area contributed by atoms with Crippen molar-refractivity contribution in [3.8, 4) is 0 Å². The van der Waals surface area contributed by atoms with Crippen LogP contribution >= 0.6 is 0 Å². The lowest BCUT2D eigenvalue weighted by Gasteiger charge is -2.15. The molecule has 0 saturated carbocycles. The number of aromatic nitrogens is 2. The van der Waals surface area contributed by atoms with Crippen LogP contribution in [0, 0.1) is 0 Å². The SMILES string of the molecule is C[C@@H](CNCCc1ccc2oncc2c1)NS(=O)(=O)c1ccc2cnccc2c1. The van der Waals surface area contributed by atoms with Crippen LogP contribution in [0.25, 0.3) is 21.7 Å². The van der Waals surface area contributed by atoms with Crippen molar-refractivity contribution in [2.24, 2.45) is 0 Å². The molecule has 0 spiro atoms. The molecule has 0 aliphatic rings. The minimum absolute atomic E-state index is 0.242. The first-order chi connectivity index (χ1) is 14.0. The van der Waals surface area contributed by atoms with E-state index in [0.29, 0.717) is 6.54 Å². The molecular weight excluding hydrogens is 388 g/mol. The van der Waals surface area contributed by atoms with E-state index in [2.05, 4.69) is 26.2 Å². The number of nitrogens with one attached hydrogen (secondary N) is 2. The Hall–Kier alpha value is -2.81. The molecule has 0 amide bonds. The van der Waals surface area contributed by atoms with E-state index in [0.717, 1.165) is 34.7 Å². The van der Waals surface area contributed by atoms with Crippen molar-refractivity contribution >= 4 is 31.8 Å². The zero-order valence-corrected chi connectivity index (χ0v) is 16.8. The van der Waals surface area contributed by atoms with E-state index < -0.39 is 10.0 Å². The minimum atomic E-state index is -3.59. The second-order valence-corrected chi connectivity index (χ2v) is 8.77. The molecule has 1 atom stereocenters. The van der Waals surface area contributed by atoms with Gasteiger partial charge in [-0.25, -0.2) is 13.1 Å². The number of fused-ring (bicyclic) bond motifs is 2. The maximum Gasteiger partial charge on any atom is 0.240 e. The zero-order chi connectivity index (χ0) is 20.3. The molecule has 8 heteroatoms. The van der Waals surface area contributed by atoms with Gasteiger partial charge < -0.3 is 9.84 Å². The fourth-order valence-corrected chi connectivity index (χ4v) is 4.51. The van der Waals surface area contributed by atoms with E-state index in [1.807, 2.05) is 19.1 Å². The Morgan fingerprint density at radius 3 is 2.83 bits per heavy atom. The van der Waals surface area contributed by atoms with Crippen molar-refractivity contribution in [2.45, 2.75) is 24.3 Å². The monoisotopic (exact) mass is 410 g/mol. The Balaban J connectivity index is 1.30. The summed E-state index contributed by atoms with van der Waals surface area (Å²) in [5.74, 6) is 0. The largest absolute Gasteiger partial charge is 0.356 e. The van der Waals surface area contributed by atoms with E-state index in [4.69, 9.17) is 4.52 Å². The summed E-state index contributed by atoms with van der Waals surface area (Å²) in [6, 6.07) is 12.6. The van der Waals surface area contributed by atoms with Gasteiger partial charge in [0.1, 0.15) is 0 Å². The van der Waals surface area contributed by atoms with Crippen LogP contribution in [-0.4, -0.2) is 37.7 Å². The highest BCUT2D eigenvalue weighted by molar-refractivity contribution is 7.89. The van der Waals surface area contributed by atoms with Crippen molar-refractivity contribution in [3.05, 3.63) is 66.6 Å². The fourth-order valence-electron chi connectivity index (χ4n) is 3.23. The molecule has 4 aromatic rings. The van der Waals surface area contributed by atoms with Crippen molar-refractivity contribution < 1.29 is 12.9 Å². The molecule has 7 nitrogen and oxygen atoms in total. The number of nitrogens with zero attached hydrogens (tertiary/aromatic N) is 2. The molecule has 2 aromatic heterocycles. The Kier molecular flexibility index (Phi) is 5.57.